The van der Waals surface area contributed by atoms with E-state index in [4.69, 9.17) is 12.2 Å². The second-order valence-corrected chi connectivity index (χ2v) is 4.77. The molecule has 0 aromatic carbocycles. The number of allylic oxidation sites excluding steroid dienone is 1. The molecule has 0 amide bonds. The molecule has 0 aromatic rings. The highest BCUT2D eigenvalue weighted by atomic mass is 32.1. The van der Waals surface area contributed by atoms with E-state index in [1.807, 2.05) is 14.1 Å². The monoisotopic (exact) mass is 230 g/mol. The van der Waals surface area contributed by atoms with Gasteiger partial charge in [-0.05, 0) is 6.42 Å². The van der Waals surface area contributed by atoms with Crippen LogP contribution in [0, 0.1) is 0 Å². The van der Waals surface area contributed by atoms with E-state index in [2.05, 4.69) is 36.4 Å². The summed E-state index contributed by atoms with van der Waals surface area (Å²) < 4.78 is 0. The van der Waals surface area contributed by atoms with Gasteiger partial charge in [0.1, 0.15) is 0 Å². The summed E-state index contributed by atoms with van der Waals surface area (Å²) in [5.41, 5.74) is 2.45. The lowest BCUT2D eigenvalue weighted by atomic mass is 9.97. The first-order valence-electron chi connectivity index (χ1n) is 4.85. The third kappa shape index (κ3) is 1.91. The van der Waals surface area contributed by atoms with Crippen LogP contribution < -0.4 is 0 Å². The third-order valence-corrected chi connectivity index (χ3v) is 3.51. The molecule has 1 rings (SSSR count). The molecule has 1 aliphatic carbocycles. The second-order valence-electron chi connectivity index (χ2n) is 3.82. The van der Waals surface area contributed by atoms with Gasteiger partial charge in [-0.25, -0.2) is 0 Å². The Kier molecular flexibility index (Phi) is 3.84. The molecule has 0 saturated heterocycles. The van der Waals surface area contributed by atoms with Crippen molar-refractivity contribution in [1.29, 1.82) is 0 Å². The number of nitrogens with zero attached hydrogens (tertiary/aromatic N) is 2. The molecule has 2 nitrogen and oxygen atoms in total. The fourth-order valence-corrected chi connectivity index (χ4v) is 2.57. The molecule has 0 radical (unpaired) electrons. The average molecular weight is 230 g/mol. The summed E-state index contributed by atoms with van der Waals surface area (Å²) >= 11 is 9.78. The van der Waals surface area contributed by atoms with Gasteiger partial charge in [0.2, 0.25) is 0 Å². The summed E-state index contributed by atoms with van der Waals surface area (Å²) in [4.78, 5) is 5.31. The molecular formula is C10H18N2S2. The molecule has 0 N–H and O–H groups in total. The lowest BCUT2D eigenvalue weighted by Gasteiger charge is -2.40. The number of hydrogen-bond acceptors (Lipinski definition) is 4. The minimum atomic E-state index is 0.148. The van der Waals surface area contributed by atoms with Crippen LogP contribution in [0.1, 0.15) is 13.3 Å². The molecule has 1 unspecified atom stereocenters. The van der Waals surface area contributed by atoms with Crippen LogP contribution in [0.2, 0.25) is 0 Å². The van der Waals surface area contributed by atoms with Crippen LogP contribution in [0.3, 0.4) is 0 Å². The molecule has 0 aliphatic heterocycles. The topological polar surface area (TPSA) is 6.48 Å². The van der Waals surface area contributed by atoms with Gasteiger partial charge in [-0.15, -0.1) is 0 Å². The van der Waals surface area contributed by atoms with Crippen LogP contribution in [0.5, 0.6) is 0 Å². The van der Waals surface area contributed by atoms with E-state index in [-0.39, 0.29) is 5.25 Å². The zero-order valence-corrected chi connectivity index (χ0v) is 11.0. The van der Waals surface area contributed by atoms with Crippen molar-refractivity contribution in [3.63, 3.8) is 0 Å². The number of hydrogen-bond donors (Lipinski definition) is 1. The SMILES string of the molecule is CCCN(C)C1=C(N(C)C)C(S)C1=S. The van der Waals surface area contributed by atoms with Gasteiger partial charge in [-0.3, -0.25) is 0 Å². The standard InChI is InChI=1S/C10H18N2S2/c1-5-6-12(4)8-7(11(2)3)9(13)10(8)14/h9,13H,5-6H2,1-4H3. The van der Waals surface area contributed by atoms with Crippen molar-refractivity contribution >= 4 is 29.7 Å². The van der Waals surface area contributed by atoms with Gasteiger partial charge < -0.3 is 9.80 Å². The molecule has 0 aromatic heterocycles. The molecule has 4 heteroatoms. The Labute approximate surface area is 97.4 Å². The van der Waals surface area contributed by atoms with Gasteiger partial charge in [0.05, 0.1) is 21.5 Å². The summed E-state index contributed by atoms with van der Waals surface area (Å²) in [6.07, 6.45) is 1.14. The maximum atomic E-state index is 5.31. The minimum Gasteiger partial charge on any atom is -0.378 e. The fraction of sp³-hybridized carbons (Fsp3) is 0.700. The van der Waals surface area contributed by atoms with Crippen LogP contribution in [0.15, 0.2) is 11.4 Å². The van der Waals surface area contributed by atoms with Crippen molar-refractivity contribution < 1.29 is 0 Å². The Morgan fingerprint density at radius 1 is 1.36 bits per heavy atom. The van der Waals surface area contributed by atoms with Crippen LogP contribution in [-0.4, -0.2) is 47.6 Å². The molecule has 80 valence electrons. The molecule has 1 atom stereocenters. The van der Waals surface area contributed by atoms with Crippen molar-refractivity contribution in [3.05, 3.63) is 11.4 Å². The summed E-state index contributed by atoms with van der Waals surface area (Å²) in [7, 11) is 6.18. The smallest absolute Gasteiger partial charge is 0.0809 e. The molecule has 0 saturated carbocycles. The Balaban J connectivity index is 2.88. The van der Waals surface area contributed by atoms with Gasteiger partial charge in [-0.2, -0.15) is 12.6 Å². The van der Waals surface area contributed by atoms with Gasteiger partial charge in [0.15, 0.2) is 0 Å². The molecule has 1 aliphatic rings. The molecule has 14 heavy (non-hydrogen) atoms. The Morgan fingerprint density at radius 3 is 2.36 bits per heavy atom. The molecule has 0 bridgehead atoms. The van der Waals surface area contributed by atoms with E-state index >= 15 is 0 Å². The summed E-state index contributed by atoms with van der Waals surface area (Å²) in [6.45, 7) is 3.22. The van der Waals surface area contributed by atoms with Crippen LogP contribution in [0.4, 0.5) is 0 Å². The van der Waals surface area contributed by atoms with Gasteiger partial charge in [0.25, 0.3) is 0 Å². The lowest BCUT2D eigenvalue weighted by Crippen LogP contribution is -2.44. The van der Waals surface area contributed by atoms with Gasteiger partial charge >= 0.3 is 0 Å². The molecular weight excluding hydrogens is 212 g/mol. The predicted molar refractivity (Wildman–Crippen MR) is 69.0 cm³/mol. The average Bonchev–Trinajstić information content (AvgIpc) is 2.11. The van der Waals surface area contributed by atoms with Crippen molar-refractivity contribution in [2.24, 2.45) is 0 Å². The van der Waals surface area contributed by atoms with Crippen LogP contribution in [0.25, 0.3) is 0 Å². The zero-order valence-electron chi connectivity index (χ0n) is 9.24. The second kappa shape index (κ2) is 4.53. The summed E-state index contributed by atoms with van der Waals surface area (Å²) in [5, 5.41) is 0.148. The predicted octanol–water partition coefficient (Wildman–Crippen LogP) is 1.78. The van der Waals surface area contributed by atoms with E-state index in [9.17, 15) is 0 Å². The zero-order chi connectivity index (χ0) is 10.9. The van der Waals surface area contributed by atoms with Crippen molar-refractivity contribution in [1.82, 2.24) is 9.80 Å². The summed E-state index contributed by atoms with van der Waals surface area (Å²) in [5.74, 6) is 0. The lowest BCUT2D eigenvalue weighted by molar-refractivity contribution is 0.390. The first kappa shape index (κ1) is 11.9. The normalized spacial score (nSPS) is 20.9. The largest absolute Gasteiger partial charge is 0.378 e. The maximum Gasteiger partial charge on any atom is 0.0809 e. The van der Waals surface area contributed by atoms with Crippen LogP contribution >= 0.6 is 24.8 Å². The van der Waals surface area contributed by atoms with E-state index in [0.717, 1.165) is 17.8 Å². The highest BCUT2D eigenvalue weighted by Crippen LogP contribution is 2.33. The Morgan fingerprint density at radius 2 is 1.93 bits per heavy atom. The first-order chi connectivity index (χ1) is 6.50. The number of thiol groups is 1. The quantitative estimate of drug-likeness (QED) is 0.581. The first-order valence-corrected chi connectivity index (χ1v) is 5.78. The van der Waals surface area contributed by atoms with Crippen molar-refractivity contribution in [3.8, 4) is 0 Å². The van der Waals surface area contributed by atoms with Crippen LogP contribution in [-0.2, 0) is 0 Å². The highest BCUT2D eigenvalue weighted by molar-refractivity contribution is 7.87. The van der Waals surface area contributed by atoms with Crippen molar-refractivity contribution in [2.45, 2.75) is 18.6 Å². The molecule has 0 heterocycles. The number of rotatable bonds is 4. The van der Waals surface area contributed by atoms with Gasteiger partial charge in [-0.1, -0.05) is 19.1 Å². The minimum absolute atomic E-state index is 0.148. The van der Waals surface area contributed by atoms with E-state index in [1.165, 1.54) is 11.4 Å². The maximum absolute atomic E-state index is 5.31. The van der Waals surface area contributed by atoms with E-state index in [1.54, 1.807) is 0 Å². The van der Waals surface area contributed by atoms with E-state index in [0.29, 0.717) is 0 Å². The molecule has 0 fully saturated rings. The number of thiocarbonyl (C=S) groups is 1. The highest BCUT2D eigenvalue weighted by Gasteiger charge is 2.36. The third-order valence-electron chi connectivity index (χ3n) is 2.41. The van der Waals surface area contributed by atoms with Crippen molar-refractivity contribution in [2.75, 3.05) is 27.7 Å². The summed E-state index contributed by atoms with van der Waals surface area (Å²) in [6, 6.07) is 0. The Hall–Kier alpha value is -0.220. The van der Waals surface area contributed by atoms with E-state index < -0.39 is 0 Å². The molecule has 0 spiro atoms. The Bertz CT molecular complexity index is 271. The fourth-order valence-electron chi connectivity index (χ4n) is 1.72. The van der Waals surface area contributed by atoms with Gasteiger partial charge in [0, 0.05) is 27.7 Å².